The third kappa shape index (κ3) is 6.40. The van der Waals surface area contributed by atoms with Crippen LogP contribution in [-0.4, -0.2) is 19.9 Å². The van der Waals surface area contributed by atoms with Gasteiger partial charge in [0.1, 0.15) is 23.3 Å². The maximum Gasteiger partial charge on any atom is 0.138 e. The molecule has 0 amide bonds. The largest absolute Gasteiger partial charge is 0.279 e. The maximum absolute atomic E-state index is 4.90. The monoisotopic (exact) mass is 900 g/mol. The first-order chi connectivity index (χ1) is 34.3. The van der Waals surface area contributed by atoms with Gasteiger partial charge in [0.2, 0.25) is 0 Å². The molecule has 70 heavy (non-hydrogen) atoms. The lowest BCUT2D eigenvalue weighted by atomic mass is 9.79. The molecular weight excluding hydrogens is 853 g/mol. The molecule has 0 radical (unpaired) electrons. The Morgan fingerprint density at radius 2 is 0.643 bits per heavy atom. The van der Waals surface area contributed by atoms with Crippen molar-refractivity contribution in [1.29, 1.82) is 0 Å². The van der Waals surface area contributed by atoms with Gasteiger partial charge in [-0.3, -0.25) is 9.80 Å². The summed E-state index contributed by atoms with van der Waals surface area (Å²) in [6.07, 6.45) is 7.38. The number of aromatic nitrogens is 4. The average Bonchev–Trinajstić information content (AvgIpc) is 3.78. The molecule has 11 aromatic rings. The molecule has 13 rings (SSSR count). The predicted molar refractivity (Wildman–Crippen MR) is 288 cm³/mol. The van der Waals surface area contributed by atoms with Gasteiger partial charge in [0, 0.05) is 47.0 Å². The summed E-state index contributed by atoms with van der Waals surface area (Å²) in [5, 5.41) is 4.55. The lowest BCUT2D eigenvalue weighted by Crippen LogP contribution is -2.15. The third-order valence-electron chi connectivity index (χ3n) is 14.9. The zero-order chi connectivity index (χ0) is 47.1. The van der Waals surface area contributed by atoms with Crippen molar-refractivity contribution in [1.82, 2.24) is 19.9 Å². The first-order valence-corrected chi connectivity index (χ1v) is 24.0. The van der Waals surface area contributed by atoms with Crippen molar-refractivity contribution in [3.63, 3.8) is 0 Å². The zero-order valence-electron chi connectivity index (χ0n) is 39.5. The number of hydrogen-bond donors (Lipinski definition) is 0. The Bertz CT molecular complexity index is 3610. The van der Waals surface area contributed by atoms with Crippen molar-refractivity contribution >= 4 is 56.2 Å². The van der Waals surface area contributed by atoms with Crippen molar-refractivity contribution in [2.75, 3.05) is 9.80 Å². The van der Waals surface area contributed by atoms with Crippen LogP contribution in [0.15, 0.2) is 219 Å². The molecule has 2 aliphatic carbocycles. The average molecular weight is 901 g/mol. The van der Waals surface area contributed by atoms with Crippen LogP contribution in [0.5, 0.6) is 0 Å². The van der Waals surface area contributed by atoms with E-state index >= 15 is 0 Å². The van der Waals surface area contributed by atoms with E-state index in [0.717, 1.165) is 67.3 Å². The van der Waals surface area contributed by atoms with Gasteiger partial charge < -0.3 is 0 Å². The highest BCUT2D eigenvalue weighted by molar-refractivity contribution is 6.23. The molecule has 0 bridgehead atoms. The van der Waals surface area contributed by atoms with E-state index in [2.05, 4.69) is 159 Å². The first kappa shape index (κ1) is 41.4. The first-order valence-electron chi connectivity index (χ1n) is 24.0. The zero-order valence-corrected chi connectivity index (χ0v) is 39.5. The van der Waals surface area contributed by atoms with E-state index in [9.17, 15) is 0 Å². The molecule has 0 saturated heterocycles. The Balaban J connectivity index is 1.16. The molecule has 334 valence electrons. The van der Waals surface area contributed by atoms with Gasteiger partial charge in [0.25, 0.3) is 0 Å². The van der Waals surface area contributed by atoms with Crippen LogP contribution in [0.4, 0.5) is 34.6 Å². The molecule has 0 N–H and O–H groups in total. The van der Waals surface area contributed by atoms with E-state index in [1.165, 1.54) is 55.6 Å². The summed E-state index contributed by atoms with van der Waals surface area (Å²) in [4.78, 5) is 23.9. The van der Waals surface area contributed by atoms with Gasteiger partial charge in [-0.05, 0) is 173 Å². The molecule has 0 unspecified atom stereocenters. The molecule has 2 aliphatic rings. The third-order valence-corrected chi connectivity index (χ3v) is 14.9. The molecule has 4 aromatic heterocycles. The Morgan fingerprint density at radius 3 is 1.01 bits per heavy atom. The van der Waals surface area contributed by atoms with E-state index in [-0.39, 0.29) is 10.8 Å². The van der Waals surface area contributed by atoms with Crippen molar-refractivity contribution in [2.24, 2.45) is 0 Å². The van der Waals surface area contributed by atoms with Crippen molar-refractivity contribution in [3.8, 4) is 44.5 Å². The summed E-state index contributed by atoms with van der Waals surface area (Å²) in [5.74, 6) is 3.13. The second kappa shape index (κ2) is 15.9. The fourth-order valence-electron chi connectivity index (χ4n) is 11.5. The molecule has 6 heteroatoms. The van der Waals surface area contributed by atoms with Crippen LogP contribution < -0.4 is 9.80 Å². The van der Waals surface area contributed by atoms with E-state index in [1.54, 1.807) is 0 Å². The highest BCUT2D eigenvalue weighted by atomic mass is 15.2. The summed E-state index contributed by atoms with van der Waals surface area (Å²) in [5.41, 5.74) is 16.7. The SMILES string of the molecule is CC1(C)c2ccccc2-c2ccc(-c3c4ccc(N(c5ccccn5)c5ccccn5)cc4c(-c4ccc5c(c4)C(C)(C)c4ccccc4-5)c4cc(N(c5ccccn5)c5ccccn5)ccc34)cc21. The van der Waals surface area contributed by atoms with Gasteiger partial charge in [-0.2, -0.15) is 0 Å². The minimum Gasteiger partial charge on any atom is -0.279 e. The van der Waals surface area contributed by atoms with Gasteiger partial charge in [-0.1, -0.05) is 137 Å². The van der Waals surface area contributed by atoms with E-state index in [4.69, 9.17) is 19.9 Å². The number of rotatable bonds is 8. The molecule has 0 fully saturated rings. The van der Waals surface area contributed by atoms with Crippen LogP contribution in [0.25, 0.3) is 66.1 Å². The molecule has 0 spiro atoms. The minimum absolute atomic E-state index is 0.180. The second-order valence-corrected chi connectivity index (χ2v) is 19.5. The fourth-order valence-corrected chi connectivity index (χ4v) is 11.5. The van der Waals surface area contributed by atoms with Crippen LogP contribution in [-0.2, 0) is 10.8 Å². The second-order valence-electron chi connectivity index (χ2n) is 19.5. The summed E-state index contributed by atoms with van der Waals surface area (Å²) in [7, 11) is 0. The van der Waals surface area contributed by atoms with Gasteiger partial charge in [0.05, 0.1) is 0 Å². The quantitative estimate of drug-likeness (QED) is 0.142. The summed E-state index contributed by atoms with van der Waals surface area (Å²) in [6.45, 7) is 9.45. The Labute approximate surface area is 408 Å². The summed E-state index contributed by atoms with van der Waals surface area (Å²) < 4.78 is 0. The van der Waals surface area contributed by atoms with E-state index < -0.39 is 0 Å². The number of fused-ring (bicyclic) bond motifs is 8. The topological polar surface area (TPSA) is 58.0 Å². The standard InChI is InChI=1S/C64H48N6/c1-63(2)53-19-7-5-17-45(53)47-29-25-41(37-55(47)63)61-49-31-27-43(69(57-21-9-13-33-65-57)58-22-10-14-34-66-58)39-51(49)62(42-26-30-48-46-18-6-8-20-54(46)64(3,4)56(48)38-42)52-40-44(28-32-50(52)61)70(59-23-11-15-35-67-59)60-24-12-16-36-68-60/h5-40H,1-4H3. The predicted octanol–water partition coefficient (Wildman–Crippen LogP) is 16.5. The lowest BCUT2D eigenvalue weighted by Gasteiger charge is -2.27. The van der Waals surface area contributed by atoms with Gasteiger partial charge in [-0.25, -0.2) is 19.9 Å². The molecule has 0 atom stereocenters. The molecular formula is C64H48N6. The van der Waals surface area contributed by atoms with Gasteiger partial charge >= 0.3 is 0 Å². The number of nitrogens with zero attached hydrogens (tertiary/aromatic N) is 6. The smallest absolute Gasteiger partial charge is 0.138 e. The number of hydrogen-bond acceptors (Lipinski definition) is 6. The highest BCUT2D eigenvalue weighted by Crippen LogP contribution is 2.54. The van der Waals surface area contributed by atoms with Crippen LogP contribution >= 0.6 is 0 Å². The Morgan fingerprint density at radius 1 is 0.300 bits per heavy atom. The summed E-state index contributed by atoms with van der Waals surface area (Å²) in [6, 6.07) is 70.0. The van der Waals surface area contributed by atoms with Crippen LogP contribution in [0.2, 0.25) is 0 Å². The van der Waals surface area contributed by atoms with Crippen LogP contribution in [0, 0.1) is 0 Å². The fraction of sp³-hybridized carbons (Fsp3) is 0.0938. The molecule has 6 nitrogen and oxygen atoms in total. The number of anilines is 6. The highest BCUT2D eigenvalue weighted by Gasteiger charge is 2.37. The Kier molecular flexibility index (Phi) is 9.43. The van der Waals surface area contributed by atoms with Crippen molar-refractivity contribution in [3.05, 3.63) is 241 Å². The van der Waals surface area contributed by atoms with Crippen LogP contribution in [0.3, 0.4) is 0 Å². The normalized spacial score (nSPS) is 13.7. The molecule has 0 aliphatic heterocycles. The maximum atomic E-state index is 4.90. The number of benzene rings is 7. The van der Waals surface area contributed by atoms with Gasteiger partial charge in [-0.15, -0.1) is 0 Å². The van der Waals surface area contributed by atoms with Crippen LogP contribution in [0.1, 0.15) is 49.9 Å². The lowest BCUT2D eigenvalue weighted by molar-refractivity contribution is 0.660. The molecule has 7 aromatic carbocycles. The van der Waals surface area contributed by atoms with Crippen molar-refractivity contribution in [2.45, 2.75) is 38.5 Å². The van der Waals surface area contributed by atoms with Gasteiger partial charge in [0.15, 0.2) is 0 Å². The summed E-state index contributed by atoms with van der Waals surface area (Å²) >= 11 is 0. The van der Waals surface area contributed by atoms with E-state index in [1.807, 2.05) is 97.6 Å². The number of pyridine rings is 4. The van der Waals surface area contributed by atoms with Crippen molar-refractivity contribution < 1.29 is 0 Å². The molecule has 0 saturated carbocycles. The minimum atomic E-state index is -0.206. The van der Waals surface area contributed by atoms with E-state index in [0.29, 0.717) is 0 Å². The Hall–Kier alpha value is -8.74. The molecule has 4 heterocycles.